The summed E-state index contributed by atoms with van der Waals surface area (Å²) in [4.78, 5) is 22.2. The summed E-state index contributed by atoms with van der Waals surface area (Å²) in [5.74, 6) is -0.437. The topological polar surface area (TPSA) is 119 Å². The Hall–Kier alpha value is -2.20. The minimum atomic E-state index is -3.29. The molecule has 1 amide bonds. The molecule has 1 heterocycles. The smallest absolute Gasteiger partial charge is 0.310 e. The van der Waals surface area contributed by atoms with Gasteiger partial charge >= 0.3 is 5.69 Å². The first-order chi connectivity index (χ1) is 11.3. The van der Waals surface area contributed by atoms with Crippen LogP contribution in [0.15, 0.2) is 24.3 Å². The molecule has 1 unspecified atom stereocenters. The normalized spacial score (nSPS) is 18.8. The van der Waals surface area contributed by atoms with Gasteiger partial charge in [-0.3, -0.25) is 14.9 Å². The van der Waals surface area contributed by atoms with Crippen molar-refractivity contribution in [1.82, 2.24) is 9.62 Å². The first-order valence-electron chi connectivity index (χ1n) is 7.38. The van der Waals surface area contributed by atoms with Crippen molar-refractivity contribution >= 4 is 21.6 Å². The van der Waals surface area contributed by atoms with Gasteiger partial charge in [-0.2, -0.15) is 0 Å². The van der Waals surface area contributed by atoms with Crippen LogP contribution in [0.2, 0.25) is 0 Å². The zero-order chi connectivity index (χ0) is 17.7. The van der Waals surface area contributed by atoms with Crippen LogP contribution in [0.1, 0.15) is 12.8 Å². The van der Waals surface area contributed by atoms with Crippen LogP contribution >= 0.6 is 0 Å². The van der Waals surface area contributed by atoms with Gasteiger partial charge in [0.15, 0.2) is 12.4 Å². The van der Waals surface area contributed by atoms with Crippen molar-refractivity contribution in [2.45, 2.75) is 18.9 Å². The number of piperidine rings is 1. The minimum absolute atomic E-state index is 0.0130. The van der Waals surface area contributed by atoms with E-state index in [0.29, 0.717) is 19.4 Å². The van der Waals surface area contributed by atoms with Gasteiger partial charge in [0.2, 0.25) is 10.0 Å². The van der Waals surface area contributed by atoms with Gasteiger partial charge in [-0.15, -0.1) is 0 Å². The van der Waals surface area contributed by atoms with Crippen molar-refractivity contribution < 1.29 is 22.9 Å². The molecule has 1 aliphatic heterocycles. The number of rotatable bonds is 6. The average Bonchev–Trinajstić information content (AvgIpc) is 2.52. The molecule has 1 aromatic rings. The Balaban J connectivity index is 1.89. The second-order valence-electron chi connectivity index (χ2n) is 5.54. The van der Waals surface area contributed by atoms with Crippen molar-refractivity contribution in [3.63, 3.8) is 0 Å². The number of carbonyl (C=O) groups is 1. The second-order valence-corrected chi connectivity index (χ2v) is 7.52. The monoisotopic (exact) mass is 357 g/mol. The number of nitrogens with one attached hydrogen (secondary N) is 1. The van der Waals surface area contributed by atoms with Crippen LogP contribution in [-0.2, 0) is 14.8 Å². The lowest BCUT2D eigenvalue weighted by atomic mass is 10.1. The van der Waals surface area contributed by atoms with E-state index in [1.165, 1.54) is 22.5 Å². The predicted molar refractivity (Wildman–Crippen MR) is 86.2 cm³/mol. The molecule has 1 N–H and O–H groups in total. The largest absolute Gasteiger partial charge is 0.477 e. The highest BCUT2D eigenvalue weighted by molar-refractivity contribution is 7.88. The minimum Gasteiger partial charge on any atom is -0.477 e. The zero-order valence-corrected chi connectivity index (χ0v) is 14.0. The van der Waals surface area contributed by atoms with Crippen LogP contribution in [0.5, 0.6) is 5.75 Å². The van der Waals surface area contributed by atoms with Gasteiger partial charge in [0.25, 0.3) is 5.91 Å². The van der Waals surface area contributed by atoms with Crippen LogP contribution < -0.4 is 10.1 Å². The number of hydrogen-bond acceptors (Lipinski definition) is 6. The molecule has 0 aliphatic carbocycles. The second kappa shape index (κ2) is 7.58. The maximum Gasteiger partial charge on any atom is 0.310 e. The lowest BCUT2D eigenvalue weighted by molar-refractivity contribution is -0.385. The van der Waals surface area contributed by atoms with Gasteiger partial charge in [0.05, 0.1) is 11.2 Å². The number of para-hydroxylation sites is 2. The molecule has 9 nitrogen and oxygen atoms in total. The lowest BCUT2D eigenvalue weighted by Crippen LogP contribution is -2.50. The van der Waals surface area contributed by atoms with Gasteiger partial charge in [0, 0.05) is 25.2 Å². The highest BCUT2D eigenvalue weighted by Gasteiger charge is 2.27. The molecule has 1 atom stereocenters. The van der Waals surface area contributed by atoms with E-state index < -0.39 is 20.9 Å². The molecule has 1 saturated heterocycles. The third kappa shape index (κ3) is 4.90. The molecule has 1 aliphatic rings. The molecule has 0 bridgehead atoms. The molecule has 10 heteroatoms. The van der Waals surface area contributed by atoms with Crippen LogP contribution in [0.3, 0.4) is 0 Å². The third-order valence-electron chi connectivity index (χ3n) is 3.64. The summed E-state index contributed by atoms with van der Waals surface area (Å²) >= 11 is 0. The fourth-order valence-corrected chi connectivity index (χ4v) is 3.42. The van der Waals surface area contributed by atoms with E-state index in [1.807, 2.05) is 0 Å². The fraction of sp³-hybridized carbons (Fsp3) is 0.500. The van der Waals surface area contributed by atoms with Gasteiger partial charge in [0.1, 0.15) is 0 Å². The molecule has 0 aromatic heterocycles. The summed E-state index contributed by atoms with van der Waals surface area (Å²) in [6, 6.07) is 5.49. The lowest BCUT2D eigenvalue weighted by Gasteiger charge is -2.31. The Morgan fingerprint density at radius 3 is 2.83 bits per heavy atom. The molecule has 0 spiro atoms. The van der Waals surface area contributed by atoms with E-state index in [-0.39, 0.29) is 30.6 Å². The Morgan fingerprint density at radius 1 is 1.46 bits per heavy atom. The first-order valence-corrected chi connectivity index (χ1v) is 9.23. The Kier molecular flexibility index (Phi) is 5.73. The number of ether oxygens (including phenoxy) is 1. The summed E-state index contributed by atoms with van der Waals surface area (Å²) in [5.41, 5.74) is -0.216. The first kappa shape index (κ1) is 18.1. The predicted octanol–water partition coefficient (Wildman–Crippen LogP) is 0.514. The van der Waals surface area contributed by atoms with E-state index in [0.717, 1.165) is 6.26 Å². The maximum absolute atomic E-state index is 11.9. The van der Waals surface area contributed by atoms with Crippen LogP contribution in [0.4, 0.5) is 5.69 Å². The highest BCUT2D eigenvalue weighted by Crippen LogP contribution is 2.25. The number of nitrogens with zero attached hydrogens (tertiary/aromatic N) is 2. The molecule has 1 fully saturated rings. The Bertz CT molecular complexity index is 721. The van der Waals surface area contributed by atoms with E-state index >= 15 is 0 Å². The van der Waals surface area contributed by atoms with Crippen LogP contribution in [0.25, 0.3) is 0 Å². The van der Waals surface area contributed by atoms with Gasteiger partial charge in [-0.25, -0.2) is 12.7 Å². The number of sulfonamides is 1. The van der Waals surface area contributed by atoms with Crippen molar-refractivity contribution in [3.8, 4) is 5.75 Å². The average molecular weight is 357 g/mol. The number of hydrogen-bond donors (Lipinski definition) is 1. The summed E-state index contributed by atoms with van der Waals surface area (Å²) in [6.45, 7) is 0.286. The fourth-order valence-electron chi connectivity index (χ4n) is 2.50. The van der Waals surface area contributed by atoms with Crippen molar-refractivity contribution in [2.24, 2.45) is 0 Å². The standard InChI is InChI=1S/C14H19N3O6S/c1-24(21,22)16-8-4-5-11(9-16)15-14(18)10-23-13-7-3-2-6-12(13)17(19)20/h2-3,6-7,11H,4-5,8-10H2,1H3,(H,15,18). The Morgan fingerprint density at radius 2 is 2.17 bits per heavy atom. The van der Waals surface area contributed by atoms with Crippen LogP contribution in [-0.4, -0.2) is 55.5 Å². The van der Waals surface area contributed by atoms with E-state index in [4.69, 9.17) is 4.74 Å². The Labute approximate surface area is 139 Å². The van der Waals surface area contributed by atoms with E-state index in [2.05, 4.69) is 5.32 Å². The quantitative estimate of drug-likeness (QED) is 0.585. The highest BCUT2D eigenvalue weighted by atomic mass is 32.2. The van der Waals surface area contributed by atoms with Gasteiger partial charge < -0.3 is 10.1 Å². The van der Waals surface area contributed by atoms with Crippen LogP contribution in [0, 0.1) is 10.1 Å². The van der Waals surface area contributed by atoms with Gasteiger partial charge in [-0.05, 0) is 18.9 Å². The molecule has 0 radical (unpaired) electrons. The van der Waals surface area contributed by atoms with Crippen molar-refractivity contribution in [1.29, 1.82) is 0 Å². The number of benzene rings is 1. The maximum atomic E-state index is 11.9. The molecule has 2 rings (SSSR count). The summed E-state index contributed by atoms with van der Waals surface area (Å²) in [5, 5.41) is 13.6. The molecule has 24 heavy (non-hydrogen) atoms. The number of carbonyl (C=O) groups excluding carboxylic acids is 1. The number of nitro benzene ring substituents is 1. The molecular weight excluding hydrogens is 338 g/mol. The SMILES string of the molecule is CS(=O)(=O)N1CCCC(NC(=O)COc2ccccc2[N+](=O)[O-])C1. The molecule has 1 aromatic carbocycles. The van der Waals surface area contributed by atoms with Crippen molar-refractivity contribution in [3.05, 3.63) is 34.4 Å². The number of amides is 1. The third-order valence-corrected chi connectivity index (χ3v) is 4.91. The molecular formula is C14H19N3O6S. The summed E-state index contributed by atoms with van der Waals surface area (Å²) in [6.07, 6.45) is 2.46. The zero-order valence-electron chi connectivity index (χ0n) is 13.2. The summed E-state index contributed by atoms with van der Waals surface area (Å²) < 4.78 is 29.6. The number of nitro groups is 1. The van der Waals surface area contributed by atoms with E-state index in [9.17, 15) is 23.3 Å². The molecule has 0 saturated carbocycles. The van der Waals surface area contributed by atoms with E-state index in [1.54, 1.807) is 6.07 Å². The van der Waals surface area contributed by atoms with Gasteiger partial charge in [-0.1, -0.05) is 12.1 Å². The summed E-state index contributed by atoms with van der Waals surface area (Å²) in [7, 11) is -3.29. The van der Waals surface area contributed by atoms with Crippen molar-refractivity contribution in [2.75, 3.05) is 26.0 Å². The molecule has 132 valence electrons.